The van der Waals surface area contributed by atoms with Gasteiger partial charge < -0.3 is 9.88 Å². The second-order valence-corrected chi connectivity index (χ2v) is 9.23. The van der Waals surface area contributed by atoms with Crippen molar-refractivity contribution < 1.29 is 22.8 Å². The van der Waals surface area contributed by atoms with Crippen LogP contribution in [0.1, 0.15) is 43.7 Å². The number of hydrogen-bond donors (Lipinski definition) is 1. The zero-order valence-corrected chi connectivity index (χ0v) is 19.9. The second-order valence-electron chi connectivity index (χ2n) is 8.85. The zero-order valence-electron chi connectivity index (χ0n) is 19.2. The number of nitrogens with one attached hydrogen (secondary N) is 1. The molecule has 10 heteroatoms. The van der Waals surface area contributed by atoms with Gasteiger partial charge in [-0.1, -0.05) is 29.3 Å². The molecular formula is C24H27ClF3N3O3. The van der Waals surface area contributed by atoms with E-state index in [4.69, 9.17) is 11.6 Å². The Morgan fingerprint density at radius 3 is 2.32 bits per heavy atom. The number of anilines is 1. The molecule has 1 aromatic carbocycles. The number of aromatic nitrogens is 1. The Labute approximate surface area is 200 Å². The van der Waals surface area contributed by atoms with Gasteiger partial charge in [-0.25, -0.2) is 13.2 Å². The summed E-state index contributed by atoms with van der Waals surface area (Å²) in [5, 5.41) is 2.74. The number of alkyl halides is 4. The van der Waals surface area contributed by atoms with E-state index in [9.17, 15) is 27.6 Å². The number of aryl methyl sites for hydroxylation is 2. The Kier molecular flexibility index (Phi) is 7.45. The van der Waals surface area contributed by atoms with Crippen LogP contribution >= 0.6 is 11.6 Å². The van der Waals surface area contributed by atoms with E-state index in [0.29, 0.717) is 0 Å². The van der Waals surface area contributed by atoms with Crippen molar-refractivity contribution in [2.75, 3.05) is 4.90 Å². The van der Waals surface area contributed by atoms with E-state index < -0.39 is 40.5 Å². The van der Waals surface area contributed by atoms with E-state index in [1.807, 2.05) is 6.92 Å². The fourth-order valence-electron chi connectivity index (χ4n) is 4.12. The first kappa shape index (κ1) is 25.8. The Bertz CT molecular complexity index is 1110. The fraction of sp³-hybridized carbons (Fsp3) is 0.458. The molecule has 1 aromatic heterocycles. The van der Waals surface area contributed by atoms with Gasteiger partial charge in [0.15, 0.2) is 0 Å². The minimum atomic E-state index is -2.79. The molecule has 1 fully saturated rings. The molecule has 6 nitrogen and oxygen atoms in total. The van der Waals surface area contributed by atoms with Crippen LogP contribution in [0.5, 0.6) is 0 Å². The van der Waals surface area contributed by atoms with E-state index in [1.54, 1.807) is 24.3 Å². The van der Waals surface area contributed by atoms with Crippen molar-refractivity contribution in [3.05, 3.63) is 64.1 Å². The highest BCUT2D eigenvalue weighted by Crippen LogP contribution is 2.37. The number of nitrogens with zero attached hydrogens (tertiary/aromatic N) is 2. The molecular weight excluding hydrogens is 471 g/mol. The lowest BCUT2D eigenvalue weighted by molar-refractivity contribution is -0.132. The van der Waals surface area contributed by atoms with Crippen LogP contribution in [0.15, 0.2) is 47.4 Å². The number of carbonyl (C=O) groups is 2. The maximum absolute atomic E-state index is 14.2. The molecule has 1 saturated carbocycles. The summed E-state index contributed by atoms with van der Waals surface area (Å²) < 4.78 is 42.7. The Balaban J connectivity index is 2.12. The molecule has 2 atom stereocenters. The van der Waals surface area contributed by atoms with Crippen LogP contribution in [0.4, 0.5) is 18.9 Å². The van der Waals surface area contributed by atoms with Gasteiger partial charge >= 0.3 is 0 Å². The molecule has 0 saturated heterocycles. The van der Waals surface area contributed by atoms with Crippen LogP contribution in [0.25, 0.3) is 0 Å². The molecule has 1 aliphatic carbocycles. The van der Waals surface area contributed by atoms with E-state index in [-0.39, 0.29) is 36.9 Å². The number of halogens is 4. The standard InChI is InChI=1S/C24H27ClF3N3O3/c1-15-4-6-18(7-5-15)31(21(33)20(25)26)23(2,16-10-13-30(3)19(32)14-16)22(34)29-17-8-11-24(27,28)12-9-17/h4-7,10,13-14,17,20H,8-9,11-12H2,1-3H3,(H,29,34)/t20-,23-/m0/s1. The van der Waals surface area contributed by atoms with Crippen molar-refractivity contribution in [2.45, 2.75) is 62.7 Å². The summed E-state index contributed by atoms with van der Waals surface area (Å²) in [5.41, 5.74) is -3.64. The number of rotatable bonds is 6. The third-order valence-electron chi connectivity index (χ3n) is 6.31. The van der Waals surface area contributed by atoms with Gasteiger partial charge in [0, 0.05) is 43.9 Å². The Hall–Kier alpha value is -2.81. The average Bonchev–Trinajstić information content (AvgIpc) is 2.78. The largest absolute Gasteiger partial charge is 0.351 e. The maximum Gasteiger partial charge on any atom is 0.278 e. The van der Waals surface area contributed by atoms with Crippen LogP contribution in [0.3, 0.4) is 0 Å². The van der Waals surface area contributed by atoms with Crippen LogP contribution in [0, 0.1) is 6.92 Å². The minimum absolute atomic E-state index is 0.0467. The first-order chi connectivity index (χ1) is 15.8. The van der Waals surface area contributed by atoms with E-state index in [0.717, 1.165) is 10.5 Å². The van der Waals surface area contributed by atoms with E-state index in [2.05, 4.69) is 5.32 Å². The smallest absolute Gasteiger partial charge is 0.278 e. The summed E-state index contributed by atoms with van der Waals surface area (Å²) in [4.78, 5) is 40.1. The SMILES string of the molecule is Cc1ccc(N(C(=O)[C@H](F)Cl)[C@](C)(C(=O)NC2CCC(F)(F)CC2)c2ccn(C)c(=O)c2)cc1. The molecule has 0 aliphatic heterocycles. The highest BCUT2D eigenvalue weighted by Gasteiger charge is 2.48. The third-order valence-corrected chi connectivity index (χ3v) is 6.49. The lowest BCUT2D eigenvalue weighted by atomic mass is 9.86. The summed E-state index contributed by atoms with van der Waals surface area (Å²) >= 11 is 5.54. The molecule has 0 radical (unpaired) electrons. The van der Waals surface area contributed by atoms with Gasteiger partial charge in [-0.3, -0.25) is 19.3 Å². The van der Waals surface area contributed by atoms with Crippen molar-refractivity contribution >= 4 is 29.1 Å². The van der Waals surface area contributed by atoms with Gasteiger partial charge in [-0.15, -0.1) is 0 Å². The second kappa shape index (κ2) is 9.82. The van der Waals surface area contributed by atoms with Crippen LogP contribution < -0.4 is 15.8 Å². The summed E-state index contributed by atoms with van der Waals surface area (Å²) in [6, 6.07) is 8.55. The number of carbonyl (C=O) groups excluding carboxylic acids is 2. The highest BCUT2D eigenvalue weighted by molar-refractivity contribution is 6.32. The Morgan fingerprint density at radius 2 is 1.79 bits per heavy atom. The maximum atomic E-state index is 14.2. The summed E-state index contributed by atoms with van der Waals surface area (Å²) in [6.07, 6.45) is 0.761. The summed E-state index contributed by atoms with van der Waals surface area (Å²) in [5.74, 6) is -4.72. The van der Waals surface area contributed by atoms with Crippen molar-refractivity contribution in [2.24, 2.45) is 7.05 Å². The quantitative estimate of drug-likeness (QED) is 0.609. The van der Waals surface area contributed by atoms with Gasteiger partial charge in [0.1, 0.15) is 5.54 Å². The number of benzene rings is 1. The molecule has 0 bridgehead atoms. The molecule has 3 rings (SSSR count). The van der Waals surface area contributed by atoms with E-state index >= 15 is 0 Å². The predicted molar refractivity (Wildman–Crippen MR) is 124 cm³/mol. The lowest BCUT2D eigenvalue weighted by Crippen LogP contribution is -2.60. The van der Waals surface area contributed by atoms with Gasteiger partial charge in [0.2, 0.25) is 5.92 Å². The van der Waals surface area contributed by atoms with Crippen molar-refractivity contribution in [1.82, 2.24) is 9.88 Å². The molecule has 0 unspecified atom stereocenters. The molecule has 2 amide bonds. The number of pyridine rings is 1. The molecule has 2 aromatic rings. The van der Waals surface area contributed by atoms with Crippen molar-refractivity contribution in [3.63, 3.8) is 0 Å². The zero-order chi connectivity index (χ0) is 25.3. The molecule has 1 aliphatic rings. The molecule has 1 N–H and O–H groups in total. The monoisotopic (exact) mass is 497 g/mol. The number of amides is 2. The lowest BCUT2D eigenvalue weighted by Gasteiger charge is -2.42. The fourth-order valence-corrected chi connectivity index (χ4v) is 4.22. The average molecular weight is 498 g/mol. The third kappa shape index (κ3) is 5.29. The van der Waals surface area contributed by atoms with Crippen LogP contribution in [-0.2, 0) is 22.2 Å². The van der Waals surface area contributed by atoms with Crippen LogP contribution in [-0.4, -0.2) is 34.0 Å². The van der Waals surface area contributed by atoms with Gasteiger partial charge in [0.25, 0.3) is 23.0 Å². The predicted octanol–water partition coefficient (Wildman–Crippen LogP) is 4.17. The molecule has 34 heavy (non-hydrogen) atoms. The van der Waals surface area contributed by atoms with Crippen LogP contribution in [0.2, 0.25) is 0 Å². The minimum Gasteiger partial charge on any atom is -0.351 e. The van der Waals surface area contributed by atoms with Crippen molar-refractivity contribution in [3.8, 4) is 0 Å². The highest BCUT2D eigenvalue weighted by atomic mass is 35.5. The molecule has 1 heterocycles. The molecule has 0 spiro atoms. The topological polar surface area (TPSA) is 71.4 Å². The summed E-state index contributed by atoms with van der Waals surface area (Å²) in [6.45, 7) is 3.20. The normalized spacial score (nSPS) is 18.6. The van der Waals surface area contributed by atoms with Gasteiger partial charge in [-0.05, 0) is 50.5 Å². The number of hydrogen-bond acceptors (Lipinski definition) is 3. The van der Waals surface area contributed by atoms with Gasteiger partial charge in [0.05, 0.1) is 0 Å². The Morgan fingerprint density at radius 1 is 1.21 bits per heavy atom. The van der Waals surface area contributed by atoms with Gasteiger partial charge in [-0.2, -0.15) is 0 Å². The van der Waals surface area contributed by atoms with Crippen molar-refractivity contribution in [1.29, 1.82) is 0 Å². The summed E-state index contributed by atoms with van der Waals surface area (Å²) in [7, 11) is 1.52. The van der Waals surface area contributed by atoms with E-state index in [1.165, 1.54) is 36.9 Å². The first-order valence-corrected chi connectivity index (χ1v) is 11.3. The first-order valence-electron chi connectivity index (χ1n) is 10.9. The molecule has 184 valence electrons.